The van der Waals surface area contributed by atoms with Gasteiger partial charge < -0.3 is 25.0 Å². The minimum atomic E-state index is -2.88. The van der Waals surface area contributed by atoms with Crippen LogP contribution in [0.1, 0.15) is 12.0 Å². The first-order chi connectivity index (χ1) is 17.3. The van der Waals surface area contributed by atoms with Crippen molar-refractivity contribution in [2.75, 3.05) is 51.6 Å². The maximum absolute atomic E-state index is 12.5. The third kappa shape index (κ3) is 6.84. The number of aromatic hydroxyl groups is 1. The molecule has 2 N–H and O–H groups in total. The minimum Gasteiger partial charge on any atom is -0.507 e. The van der Waals surface area contributed by atoms with E-state index >= 15 is 0 Å². The van der Waals surface area contributed by atoms with E-state index in [1.165, 1.54) is 12.1 Å². The lowest BCUT2D eigenvalue weighted by molar-refractivity contribution is -0.0498. The van der Waals surface area contributed by atoms with Crippen LogP contribution in [0.15, 0.2) is 48.5 Å². The fourth-order valence-electron chi connectivity index (χ4n) is 4.22. The molecule has 2 aromatic carbocycles. The number of benzene rings is 2. The van der Waals surface area contributed by atoms with Crippen LogP contribution in [0.2, 0.25) is 5.02 Å². The molecule has 1 aliphatic rings. The Hall–Kier alpha value is -2.94. The molecular formula is C27H31ClF2N4O2. The van der Waals surface area contributed by atoms with Gasteiger partial charge in [0.1, 0.15) is 17.3 Å². The van der Waals surface area contributed by atoms with Crippen molar-refractivity contribution >= 4 is 17.4 Å². The lowest BCUT2D eigenvalue weighted by Gasteiger charge is -2.32. The van der Waals surface area contributed by atoms with Gasteiger partial charge >= 0.3 is 6.61 Å². The van der Waals surface area contributed by atoms with Crippen molar-refractivity contribution in [2.24, 2.45) is 0 Å². The fraction of sp³-hybridized carbons (Fsp3) is 0.370. The number of rotatable bonds is 9. The monoisotopic (exact) mass is 516 g/mol. The highest BCUT2D eigenvalue weighted by Crippen LogP contribution is 2.36. The molecule has 0 spiro atoms. The van der Waals surface area contributed by atoms with Crippen LogP contribution in [0.25, 0.3) is 22.4 Å². The Kier molecular flexibility index (Phi) is 8.61. The molecule has 0 amide bonds. The van der Waals surface area contributed by atoms with E-state index < -0.39 is 6.61 Å². The van der Waals surface area contributed by atoms with Crippen molar-refractivity contribution in [3.05, 3.63) is 59.1 Å². The van der Waals surface area contributed by atoms with Gasteiger partial charge in [-0.25, -0.2) is 4.98 Å². The zero-order chi connectivity index (χ0) is 25.7. The van der Waals surface area contributed by atoms with Crippen LogP contribution < -0.4 is 10.1 Å². The van der Waals surface area contributed by atoms with Crippen molar-refractivity contribution in [2.45, 2.75) is 20.0 Å². The Labute approximate surface area is 215 Å². The lowest BCUT2D eigenvalue weighted by Crippen LogP contribution is -2.44. The van der Waals surface area contributed by atoms with E-state index in [1.54, 1.807) is 24.3 Å². The minimum absolute atomic E-state index is 0.0863. The molecule has 192 valence electrons. The second-order valence-electron chi connectivity index (χ2n) is 9.07. The Bertz CT molecular complexity index is 1170. The van der Waals surface area contributed by atoms with Crippen LogP contribution in [0.4, 0.5) is 14.6 Å². The van der Waals surface area contributed by atoms with Crippen LogP contribution >= 0.6 is 11.6 Å². The molecule has 0 aliphatic carbocycles. The van der Waals surface area contributed by atoms with E-state index in [-0.39, 0.29) is 11.5 Å². The summed E-state index contributed by atoms with van der Waals surface area (Å²) in [5.41, 5.74) is 3.47. The molecule has 1 fully saturated rings. The van der Waals surface area contributed by atoms with E-state index in [9.17, 15) is 13.9 Å². The molecule has 1 saturated heterocycles. The number of halogens is 3. The molecule has 9 heteroatoms. The molecule has 4 rings (SSSR count). The number of phenolic OH excluding ortho intramolecular Hbond substituents is 1. The third-order valence-corrected chi connectivity index (χ3v) is 6.75. The molecular weight excluding hydrogens is 486 g/mol. The normalized spacial score (nSPS) is 14.8. The standard InChI is InChI=1S/C27H31ClF2N4O2/c1-18-14-25(35)22(17-23(18)28)24-15-20(19-4-6-21(7-5-19)36-27(29)30)16-26(32-24)31-8-3-9-34-12-10-33(2)11-13-34/h4-7,14-17,27,35H,3,8-13H2,1-2H3,(H,31,32). The summed E-state index contributed by atoms with van der Waals surface area (Å²) in [6.07, 6.45) is 0.965. The topological polar surface area (TPSA) is 60.9 Å². The smallest absolute Gasteiger partial charge is 0.387 e. The summed E-state index contributed by atoms with van der Waals surface area (Å²) in [5.74, 6) is 0.835. The molecule has 0 atom stereocenters. The number of ether oxygens (including phenoxy) is 1. The number of likely N-dealkylation sites (N-methyl/N-ethyl adjacent to an activating group) is 1. The highest BCUT2D eigenvalue weighted by Gasteiger charge is 2.15. The largest absolute Gasteiger partial charge is 0.507 e. The number of phenols is 1. The summed E-state index contributed by atoms with van der Waals surface area (Å²) in [6.45, 7) is 5.03. The van der Waals surface area contributed by atoms with Gasteiger partial charge in [0, 0.05) is 43.3 Å². The average Bonchev–Trinajstić information content (AvgIpc) is 2.85. The number of aryl methyl sites for hydroxylation is 1. The summed E-state index contributed by atoms with van der Waals surface area (Å²) in [5, 5.41) is 14.5. The van der Waals surface area contributed by atoms with Gasteiger partial charge in [0.05, 0.1) is 5.69 Å². The molecule has 0 saturated carbocycles. The second-order valence-corrected chi connectivity index (χ2v) is 9.48. The Morgan fingerprint density at radius 1 is 1.06 bits per heavy atom. The van der Waals surface area contributed by atoms with Crippen LogP contribution in [0.5, 0.6) is 11.5 Å². The number of anilines is 1. The van der Waals surface area contributed by atoms with E-state index in [0.717, 1.165) is 62.4 Å². The maximum atomic E-state index is 12.5. The predicted octanol–water partition coefficient (Wildman–Crippen LogP) is 5.73. The number of nitrogens with zero attached hydrogens (tertiary/aromatic N) is 3. The zero-order valence-corrected chi connectivity index (χ0v) is 21.2. The van der Waals surface area contributed by atoms with Crippen LogP contribution in [-0.2, 0) is 0 Å². The lowest BCUT2D eigenvalue weighted by atomic mass is 10.0. The highest BCUT2D eigenvalue weighted by molar-refractivity contribution is 6.31. The molecule has 36 heavy (non-hydrogen) atoms. The van der Waals surface area contributed by atoms with Gasteiger partial charge in [0.2, 0.25) is 0 Å². The molecule has 2 heterocycles. The van der Waals surface area contributed by atoms with Gasteiger partial charge in [-0.1, -0.05) is 23.7 Å². The van der Waals surface area contributed by atoms with E-state index in [0.29, 0.717) is 22.1 Å². The van der Waals surface area contributed by atoms with Gasteiger partial charge in [-0.05, 0) is 80.0 Å². The van der Waals surface area contributed by atoms with Crippen molar-refractivity contribution in [3.63, 3.8) is 0 Å². The average molecular weight is 517 g/mol. The van der Waals surface area contributed by atoms with E-state index in [2.05, 4.69) is 26.9 Å². The zero-order valence-electron chi connectivity index (χ0n) is 20.5. The molecule has 1 aromatic heterocycles. The van der Waals surface area contributed by atoms with E-state index in [1.807, 2.05) is 19.1 Å². The van der Waals surface area contributed by atoms with Crippen LogP contribution in [-0.4, -0.2) is 72.8 Å². The van der Waals surface area contributed by atoms with Gasteiger partial charge in [-0.2, -0.15) is 8.78 Å². The first-order valence-corrected chi connectivity index (χ1v) is 12.4. The predicted molar refractivity (Wildman–Crippen MR) is 140 cm³/mol. The number of hydrogen-bond donors (Lipinski definition) is 2. The van der Waals surface area contributed by atoms with Crippen molar-refractivity contribution in [3.8, 4) is 33.9 Å². The molecule has 6 nitrogen and oxygen atoms in total. The summed E-state index contributed by atoms with van der Waals surface area (Å²) < 4.78 is 29.6. The van der Waals surface area contributed by atoms with Crippen LogP contribution in [0.3, 0.4) is 0 Å². The molecule has 0 bridgehead atoms. The molecule has 3 aromatic rings. The highest BCUT2D eigenvalue weighted by atomic mass is 35.5. The number of nitrogens with one attached hydrogen (secondary N) is 1. The second kappa shape index (κ2) is 11.9. The summed E-state index contributed by atoms with van der Waals surface area (Å²) in [7, 11) is 2.15. The van der Waals surface area contributed by atoms with Crippen molar-refractivity contribution in [1.82, 2.24) is 14.8 Å². The first-order valence-electron chi connectivity index (χ1n) is 12.0. The van der Waals surface area contributed by atoms with Crippen molar-refractivity contribution < 1.29 is 18.6 Å². The first kappa shape index (κ1) is 26.1. The Morgan fingerprint density at radius 2 is 1.78 bits per heavy atom. The Morgan fingerprint density at radius 3 is 2.47 bits per heavy atom. The Balaban J connectivity index is 1.56. The van der Waals surface area contributed by atoms with Gasteiger partial charge in [-0.15, -0.1) is 0 Å². The number of aromatic nitrogens is 1. The van der Waals surface area contributed by atoms with Crippen molar-refractivity contribution in [1.29, 1.82) is 0 Å². The van der Waals surface area contributed by atoms with E-state index in [4.69, 9.17) is 16.6 Å². The molecule has 1 aliphatic heterocycles. The number of hydrogen-bond acceptors (Lipinski definition) is 6. The maximum Gasteiger partial charge on any atom is 0.387 e. The van der Waals surface area contributed by atoms with Gasteiger partial charge in [0.25, 0.3) is 0 Å². The molecule has 0 radical (unpaired) electrons. The number of piperazine rings is 1. The quantitative estimate of drug-likeness (QED) is 0.354. The van der Waals surface area contributed by atoms with Crippen LogP contribution in [0, 0.1) is 6.92 Å². The van der Waals surface area contributed by atoms with Gasteiger partial charge in [0.15, 0.2) is 0 Å². The fourth-order valence-corrected chi connectivity index (χ4v) is 4.38. The SMILES string of the molecule is Cc1cc(O)c(-c2cc(-c3ccc(OC(F)F)cc3)cc(NCCCN3CCN(C)CC3)n2)cc1Cl. The van der Waals surface area contributed by atoms with Gasteiger partial charge in [-0.3, -0.25) is 0 Å². The summed E-state index contributed by atoms with van der Waals surface area (Å²) in [6, 6.07) is 13.5. The third-order valence-electron chi connectivity index (χ3n) is 6.34. The molecule has 0 unspecified atom stereocenters. The summed E-state index contributed by atoms with van der Waals surface area (Å²) in [4.78, 5) is 9.54. The summed E-state index contributed by atoms with van der Waals surface area (Å²) >= 11 is 6.34. The number of alkyl halides is 2. The number of pyridine rings is 1.